The molecular weight excluding hydrogens is 272 g/mol. The molecule has 1 spiro atoms. The molecule has 21 heavy (non-hydrogen) atoms. The Labute approximate surface area is 122 Å². The lowest BCUT2D eigenvalue weighted by Gasteiger charge is -2.45. The SMILES string of the molecule is CN1C(=O)C[C@@H](C(=O)O)C12CCN(Cc1cnc[nH]1)CC2. The Morgan fingerprint density at radius 3 is 2.81 bits per heavy atom. The summed E-state index contributed by atoms with van der Waals surface area (Å²) in [6.07, 6.45) is 5.01. The first-order valence-corrected chi connectivity index (χ1v) is 7.22. The molecule has 0 radical (unpaired) electrons. The lowest BCUT2D eigenvalue weighted by Crippen LogP contribution is -2.55. The zero-order valence-electron chi connectivity index (χ0n) is 12.1. The average molecular weight is 292 g/mol. The summed E-state index contributed by atoms with van der Waals surface area (Å²) in [6.45, 7) is 2.37. The van der Waals surface area contributed by atoms with Crippen molar-refractivity contribution in [3.8, 4) is 0 Å². The molecule has 114 valence electrons. The summed E-state index contributed by atoms with van der Waals surface area (Å²) in [5.41, 5.74) is 0.546. The predicted molar refractivity (Wildman–Crippen MR) is 74.3 cm³/mol. The maximum atomic E-state index is 11.9. The van der Waals surface area contributed by atoms with Gasteiger partial charge in [-0.1, -0.05) is 0 Å². The van der Waals surface area contributed by atoms with E-state index in [4.69, 9.17) is 0 Å². The van der Waals surface area contributed by atoms with E-state index in [2.05, 4.69) is 14.9 Å². The van der Waals surface area contributed by atoms with Gasteiger partial charge in [0.25, 0.3) is 0 Å². The molecule has 2 aliphatic rings. The molecule has 1 aromatic heterocycles. The van der Waals surface area contributed by atoms with Crippen molar-refractivity contribution in [3.05, 3.63) is 18.2 Å². The van der Waals surface area contributed by atoms with Crippen LogP contribution >= 0.6 is 0 Å². The highest BCUT2D eigenvalue weighted by Gasteiger charge is 2.55. The minimum absolute atomic E-state index is 0.0515. The predicted octanol–water partition coefficient (Wildman–Crippen LogP) is 0.307. The van der Waals surface area contributed by atoms with Gasteiger partial charge in [0.2, 0.25) is 5.91 Å². The standard InChI is InChI=1S/C14H20N4O3/c1-17-12(19)6-11(13(20)21)14(17)2-4-18(5-3-14)8-10-7-15-9-16-10/h7,9,11H,2-6,8H2,1H3,(H,15,16)(H,20,21)/t11-/m0/s1. The number of nitrogens with zero attached hydrogens (tertiary/aromatic N) is 3. The average Bonchev–Trinajstić information content (AvgIpc) is 3.04. The first-order chi connectivity index (χ1) is 10.0. The Bertz CT molecular complexity index is 534. The fourth-order valence-corrected chi connectivity index (χ4v) is 3.70. The number of aliphatic carboxylic acids is 1. The highest BCUT2D eigenvalue weighted by molar-refractivity contribution is 5.88. The van der Waals surface area contributed by atoms with Crippen molar-refractivity contribution < 1.29 is 14.7 Å². The number of rotatable bonds is 3. The highest BCUT2D eigenvalue weighted by atomic mass is 16.4. The largest absolute Gasteiger partial charge is 0.481 e. The van der Waals surface area contributed by atoms with Gasteiger partial charge in [-0.15, -0.1) is 0 Å². The first kappa shape index (κ1) is 14.1. The molecule has 0 unspecified atom stereocenters. The number of carboxylic acids is 1. The van der Waals surface area contributed by atoms with Crippen molar-refractivity contribution in [1.29, 1.82) is 0 Å². The van der Waals surface area contributed by atoms with Gasteiger partial charge in [-0.2, -0.15) is 0 Å². The van der Waals surface area contributed by atoms with Gasteiger partial charge < -0.3 is 15.0 Å². The summed E-state index contributed by atoms with van der Waals surface area (Å²) in [4.78, 5) is 34.5. The Kier molecular flexibility index (Phi) is 3.44. The molecule has 2 saturated heterocycles. The maximum absolute atomic E-state index is 11.9. The zero-order chi connectivity index (χ0) is 15.0. The Morgan fingerprint density at radius 2 is 2.24 bits per heavy atom. The number of imidazole rings is 1. The molecule has 2 aliphatic heterocycles. The Morgan fingerprint density at radius 1 is 1.52 bits per heavy atom. The normalized spacial score (nSPS) is 25.7. The van der Waals surface area contributed by atoms with Crippen molar-refractivity contribution >= 4 is 11.9 Å². The van der Waals surface area contributed by atoms with Gasteiger partial charge in [0.15, 0.2) is 0 Å². The van der Waals surface area contributed by atoms with E-state index in [0.717, 1.165) is 25.3 Å². The van der Waals surface area contributed by atoms with E-state index in [9.17, 15) is 14.7 Å². The van der Waals surface area contributed by atoms with Crippen LogP contribution in [0, 0.1) is 5.92 Å². The van der Waals surface area contributed by atoms with Crippen LogP contribution in [-0.2, 0) is 16.1 Å². The lowest BCUT2D eigenvalue weighted by molar-refractivity contribution is -0.146. The minimum Gasteiger partial charge on any atom is -0.481 e. The summed E-state index contributed by atoms with van der Waals surface area (Å²) >= 11 is 0. The van der Waals surface area contributed by atoms with Gasteiger partial charge in [-0.25, -0.2) is 4.98 Å². The van der Waals surface area contributed by atoms with E-state index in [1.807, 2.05) is 0 Å². The van der Waals surface area contributed by atoms with Crippen molar-refractivity contribution in [3.63, 3.8) is 0 Å². The fraction of sp³-hybridized carbons (Fsp3) is 0.643. The summed E-state index contributed by atoms with van der Waals surface area (Å²) in [7, 11) is 1.75. The topological polar surface area (TPSA) is 89.5 Å². The third kappa shape index (κ3) is 2.31. The van der Waals surface area contributed by atoms with E-state index in [0.29, 0.717) is 12.8 Å². The smallest absolute Gasteiger partial charge is 0.309 e. The van der Waals surface area contributed by atoms with Gasteiger partial charge in [0.05, 0.1) is 17.8 Å². The van der Waals surface area contributed by atoms with Crippen LogP contribution in [0.2, 0.25) is 0 Å². The zero-order valence-corrected chi connectivity index (χ0v) is 12.1. The molecule has 2 N–H and O–H groups in total. The van der Waals surface area contributed by atoms with Gasteiger partial charge in [-0.05, 0) is 12.8 Å². The second-order valence-corrected chi connectivity index (χ2v) is 6.00. The number of aromatic nitrogens is 2. The Balaban J connectivity index is 1.70. The molecule has 1 atom stereocenters. The molecule has 2 fully saturated rings. The number of carbonyl (C=O) groups is 2. The van der Waals surface area contributed by atoms with Crippen LogP contribution in [0.4, 0.5) is 0 Å². The molecular formula is C14H20N4O3. The van der Waals surface area contributed by atoms with Crippen LogP contribution in [-0.4, -0.2) is 62.4 Å². The maximum Gasteiger partial charge on any atom is 0.309 e. The summed E-state index contributed by atoms with van der Waals surface area (Å²) in [6, 6.07) is 0. The van der Waals surface area contributed by atoms with Gasteiger partial charge in [0, 0.05) is 45.0 Å². The molecule has 7 nitrogen and oxygen atoms in total. The van der Waals surface area contributed by atoms with Gasteiger partial charge >= 0.3 is 5.97 Å². The number of carbonyl (C=O) groups excluding carboxylic acids is 1. The molecule has 0 bridgehead atoms. The van der Waals surface area contributed by atoms with Crippen LogP contribution in [0.15, 0.2) is 12.5 Å². The Hall–Kier alpha value is -1.89. The van der Waals surface area contributed by atoms with Crippen LogP contribution in [0.3, 0.4) is 0 Å². The monoisotopic (exact) mass is 292 g/mol. The van der Waals surface area contributed by atoms with Crippen LogP contribution in [0.5, 0.6) is 0 Å². The van der Waals surface area contributed by atoms with E-state index < -0.39 is 17.4 Å². The summed E-state index contributed by atoms with van der Waals surface area (Å²) < 4.78 is 0. The number of hydrogen-bond donors (Lipinski definition) is 2. The van der Waals surface area contributed by atoms with Crippen LogP contribution in [0.25, 0.3) is 0 Å². The summed E-state index contributed by atoms with van der Waals surface area (Å²) in [5.74, 6) is -1.48. The number of carboxylic acid groups (broad SMARTS) is 1. The lowest BCUT2D eigenvalue weighted by atomic mass is 9.77. The van der Waals surface area contributed by atoms with Crippen molar-refractivity contribution in [2.24, 2.45) is 5.92 Å². The molecule has 0 aliphatic carbocycles. The quantitative estimate of drug-likeness (QED) is 0.837. The number of hydrogen-bond acceptors (Lipinski definition) is 4. The van der Waals surface area contributed by atoms with E-state index >= 15 is 0 Å². The second-order valence-electron chi connectivity index (χ2n) is 6.00. The van der Waals surface area contributed by atoms with Gasteiger partial charge in [0.1, 0.15) is 0 Å². The fourth-order valence-electron chi connectivity index (χ4n) is 3.70. The number of amides is 1. The van der Waals surface area contributed by atoms with E-state index in [-0.39, 0.29) is 12.3 Å². The molecule has 1 aromatic rings. The molecule has 3 heterocycles. The number of likely N-dealkylation sites (tertiary alicyclic amines) is 2. The number of nitrogens with one attached hydrogen (secondary N) is 1. The number of H-pyrrole nitrogens is 1. The van der Waals surface area contributed by atoms with E-state index in [1.54, 1.807) is 24.5 Å². The molecule has 3 rings (SSSR count). The van der Waals surface area contributed by atoms with Crippen LogP contribution < -0.4 is 0 Å². The first-order valence-electron chi connectivity index (χ1n) is 7.22. The number of piperidine rings is 1. The van der Waals surface area contributed by atoms with Crippen molar-refractivity contribution in [2.45, 2.75) is 31.3 Å². The van der Waals surface area contributed by atoms with E-state index in [1.165, 1.54) is 0 Å². The number of aromatic amines is 1. The molecule has 0 saturated carbocycles. The molecule has 0 aromatic carbocycles. The van der Waals surface area contributed by atoms with Crippen LogP contribution in [0.1, 0.15) is 25.0 Å². The third-order valence-corrected chi connectivity index (χ3v) is 5.04. The van der Waals surface area contributed by atoms with Crippen molar-refractivity contribution in [1.82, 2.24) is 19.8 Å². The summed E-state index contributed by atoms with van der Waals surface area (Å²) in [5, 5.41) is 9.43. The second kappa shape index (κ2) is 5.14. The van der Waals surface area contributed by atoms with Crippen molar-refractivity contribution in [2.75, 3.05) is 20.1 Å². The molecule has 1 amide bonds. The minimum atomic E-state index is -0.852. The highest BCUT2D eigenvalue weighted by Crippen LogP contribution is 2.42. The van der Waals surface area contributed by atoms with Gasteiger partial charge in [-0.3, -0.25) is 14.5 Å². The third-order valence-electron chi connectivity index (χ3n) is 5.04. The molecule has 7 heteroatoms.